The van der Waals surface area contributed by atoms with Crippen molar-refractivity contribution >= 4 is 5.78 Å². The van der Waals surface area contributed by atoms with E-state index in [4.69, 9.17) is 4.74 Å². The molecule has 0 radical (unpaired) electrons. The fraction of sp³-hybridized carbons (Fsp3) is 0.300. The van der Waals surface area contributed by atoms with E-state index >= 15 is 0 Å². The first-order valence-corrected chi connectivity index (χ1v) is 4.24. The molecule has 0 saturated carbocycles. The standard InChI is InChI=1S/C10H10O4/c1-10(13)9(12)6-3-2-4-8(11)7(6)5-14-10/h2-4,11,13H,5H2,1H3. The second kappa shape index (κ2) is 2.80. The molecule has 1 aliphatic heterocycles. The van der Waals surface area contributed by atoms with Crippen LogP contribution in [0.2, 0.25) is 0 Å². The molecule has 4 heteroatoms. The summed E-state index contributed by atoms with van der Waals surface area (Å²) in [5.74, 6) is -2.28. The summed E-state index contributed by atoms with van der Waals surface area (Å²) >= 11 is 0. The minimum Gasteiger partial charge on any atom is -0.508 e. The first kappa shape index (κ1) is 9.18. The molecule has 0 saturated heterocycles. The van der Waals surface area contributed by atoms with E-state index in [1.807, 2.05) is 0 Å². The predicted octanol–water partition coefficient (Wildman–Crippen LogP) is 0.814. The fourth-order valence-corrected chi connectivity index (χ4v) is 1.47. The van der Waals surface area contributed by atoms with Crippen molar-refractivity contribution in [1.82, 2.24) is 0 Å². The number of ketones is 1. The normalized spacial score (nSPS) is 26.0. The highest BCUT2D eigenvalue weighted by Gasteiger charge is 2.38. The molecule has 14 heavy (non-hydrogen) atoms. The van der Waals surface area contributed by atoms with E-state index in [1.165, 1.54) is 13.0 Å². The highest BCUT2D eigenvalue weighted by molar-refractivity contribution is 6.03. The third-order valence-electron chi connectivity index (χ3n) is 2.31. The van der Waals surface area contributed by atoms with Crippen LogP contribution in [0.3, 0.4) is 0 Å². The van der Waals surface area contributed by atoms with Crippen molar-refractivity contribution in [2.45, 2.75) is 19.3 Å². The molecule has 74 valence electrons. The zero-order valence-corrected chi connectivity index (χ0v) is 7.65. The Morgan fingerprint density at radius 1 is 1.50 bits per heavy atom. The number of rotatable bonds is 0. The maximum Gasteiger partial charge on any atom is 0.228 e. The van der Waals surface area contributed by atoms with Crippen LogP contribution in [0.4, 0.5) is 0 Å². The molecule has 1 aromatic carbocycles. The molecule has 4 nitrogen and oxygen atoms in total. The van der Waals surface area contributed by atoms with Gasteiger partial charge in [-0.05, 0) is 13.0 Å². The minimum atomic E-state index is -1.78. The summed E-state index contributed by atoms with van der Waals surface area (Å²) in [6, 6.07) is 4.61. The van der Waals surface area contributed by atoms with E-state index in [1.54, 1.807) is 12.1 Å². The number of Topliss-reactive ketones (excluding diaryl/α,β-unsaturated/α-hetero) is 1. The lowest BCUT2D eigenvalue weighted by atomic mass is 9.96. The molecule has 1 unspecified atom stereocenters. The molecule has 2 N–H and O–H groups in total. The minimum absolute atomic E-state index is 0.0198. The Bertz CT molecular complexity index is 395. The maximum absolute atomic E-state index is 11.6. The summed E-state index contributed by atoms with van der Waals surface area (Å²) < 4.78 is 4.93. The largest absolute Gasteiger partial charge is 0.508 e. The van der Waals surface area contributed by atoms with E-state index in [-0.39, 0.29) is 12.4 Å². The van der Waals surface area contributed by atoms with Gasteiger partial charge in [0.05, 0.1) is 6.61 Å². The van der Waals surface area contributed by atoms with Gasteiger partial charge in [-0.15, -0.1) is 0 Å². The summed E-state index contributed by atoms with van der Waals surface area (Å²) in [7, 11) is 0. The van der Waals surface area contributed by atoms with Crippen molar-refractivity contribution < 1.29 is 19.7 Å². The Morgan fingerprint density at radius 2 is 2.21 bits per heavy atom. The molecule has 0 aromatic heterocycles. The van der Waals surface area contributed by atoms with E-state index in [9.17, 15) is 15.0 Å². The van der Waals surface area contributed by atoms with Crippen molar-refractivity contribution in [2.75, 3.05) is 0 Å². The first-order valence-electron chi connectivity index (χ1n) is 4.24. The van der Waals surface area contributed by atoms with Crippen LogP contribution in [0.5, 0.6) is 5.75 Å². The number of benzene rings is 1. The van der Waals surface area contributed by atoms with Gasteiger partial charge in [-0.1, -0.05) is 12.1 Å². The Kier molecular flexibility index (Phi) is 1.83. The zero-order chi connectivity index (χ0) is 10.3. The molecular weight excluding hydrogens is 184 g/mol. The lowest BCUT2D eigenvalue weighted by Crippen LogP contribution is -2.41. The van der Waals surface area contributed by atoms with E-state index in [2.05, 4.69) is 0 Å². The molecule has 1 heterocycles. The van der Waals surface area contributed by atoms with Crippen molar-refractivity contribution in [3.05, 3.63) is 29.3 Å². The van der Waals surface area contributed by atoms with E-state index < -0.39 is 11.6 Å². The lowest BCUT2D eigenvalue weighted by Gasteiger charge is -2.28. The number of fused-ring (bicyclic) bond motifs is 1. The Morgan fingerprint density at radius 3 is 2.93 bits per heavy atom. The molecule has 0 amide bonds. The average molecular weight is 194 g/mol. The van der Waals surface area contributed by atoms with Crippen molar-refractivity contribution in [2.24, 2.45) is 0 Å². The van der Waals surface area contributed by atoms with Crippen LogP contribution in [0, 0.1) is 0 Å². The number of phenolic OH excluding ortho intramolecular Hbond substituents is 1. The summed E-state index contributed by atoms with van der Waals surface area (Å²) in [4.78, 5) is 11.6. The van der Waals surface area contributed by atoms with Crippen molar-refractivity contribution in [1.29, 1.82) is 0 Å². The molecule has 0 spiro atoms. The fourth-order valence-electron chi connectivity index (χ4n) is 1.47. The summed E-state index contributed by atoms with van der Waals surface area (Å²) in [5, 5.41) is 19.0. The smallest absolute Gasteiger partial charge is 0.228 e. The Balaban J connectivity index is 2.57. The van der Waals surface area contributed by atoms with Crippen molar-refractivity contribution in [3.8, 4) is 5.75 Å². The highest BCUT2D eigenvalue weighted by Crippen LogP contribution is 2.31. The molecule has 0 fully saturated rings. The van der Waals surface area contributed by atoms with Crippen LogP contribution in [0.15, 0.2) is 18.2 Å². The molecule has 0 aliphatic carbocycles. The van der Waals surface area contributed by atoms with Gasteiger partial charge in [0.25, 0.3) is 0 Å². The van der Waals surface area contributed by atoms with Crippen LogP contribution in [0.25, 0.3) is 0 Å². The van der Waals surface area contributed by atoms with Crippen LogP contribution in [-0.4, -0.2) is 21.8 Å². The SMILES string of the molecule is CC1(O)OCc2c(O)cccc2C1=O. The van der Waals surface area contributed by atoms with E-state index in [0.29, 0.717) is 11.1 Å². The monoisotopic (exact) mass is 194 g/mol. The van der Waals surface area contributed by atoms with Crippen LogP contribution in [-0.2, 0) is 11.3 Å². The number of aliphatic hydroxyl groups is 1. The van der Waals surface area contributed by atoms with Crippen LogP contribution in [0.1, 0.15) is 22.8 Å². The number of phenols is 1. The Hall–Kier alpha value is -1.39. The van der Waals surface area contributed by atoms with Gasteiger partial charge in [0.15, 0.2) is 0 Å². The van der Waals surface area contributed by atoms with Gasteiger partial charge in [-0.25, -0.2) is 0 Å². The second-order valence-corrected chi connectivity index (χ2v) is 3.40. The number of aromatic hydroxyl groups is 1. The first-order chi connectivity index (χ1) is 6.52. The van der Waals surface area contributed by atoms with Gasteiger partial charge >= 0.3 is 0 Å². The Labute approximate surface area is 80.7 Å². The van der Waals surface area contributed by atoms with E-state index in [0.717, 1.165) is 0 Å². The molecule has 2 rings (SSSR count). The number of hydrogen-bond acceptors (Lipinski definition) is 4. The quantitative estimate of drug-likeness (QED) is 0.641. The number of ether oxygens (including phenoxy) is 1. The van der Waals surface area contributed by atoms with Gasteiger partial charge in [0.1, 0.15) is 5.75 Å². The summed E-state index contributed by atoms with van der Waals surface area (Å²) in [6.07, 6.45) is 0. The van der Waals surface area contributed by atoms with Crippen LogP contribution >= 0.6 is 0 Å². The topological polar surface area (TPSA) is 66.8 Å². The predicted molar refractivity (Wildman–Crippen MR) is 47.9 cm³/mol. The van der Waals surface area contributed by atoms with Gasteiger partial charge in [-0.3, -0.25) is 4.79 Å². The van der Waals surface area contributed by atoms with Gasteiger partial charge in [0.2, 0.25) is 11.6 Å². The van der Waals surface area contributed by atoms with Gasteiger partial charge in [-0.2, -0.15) is 0 Å². The molecule has 1 aliphatic rings. The van der Waals surface area contributed by atoms with Crippen molar-refractivity contribution in [3.63, 3.8) is 0 Å². The molecule has 0 bridgehead atoms. The summed E-state index contributed by atoms with van der Waals surface area (Å²) in [6.45, 7) is 1.34. The molecule has 1 aromatic rings. The molecular formula is C10H10O4. The molecule has 1 atom stereocenters. The lowest BCUT2D eigenvalue weighted by molar-refractivity contribution is -0.165. The second-order valence-electron chi connectivity index (χ2n) is 3.40. The van der Waals surface area contributed by atoms with Crippen LogP contribution < -0.4 is 0 Å². The maximum atomic E-state index is 11.6. The average Bonchev–Trinajstić information content (AvgIpc) is 2.13. The zero-order valence-electron chi connectivity index (χ0n) is 7.65. The highest BCUT2D eigenvalue weighted by atomic mass is 16.6. The third-order valence-corrected chi connectivity index (χ3v) is 2.31. The summed E-state index contributed by atoms with van der Waals surface area (Å²) in [5.41, 5.74) is 0.755. The number of hydrogen-bond donors (Lipinski definition) is 2. The van der Waals surface area contributed by atoms with Gasteiger partial charge < -0.3 is 14.9 Å². The number of carbonyl (C=O) groups excluding carboxylic acids is 1. The third kappa shape index (κ3) is 1.20. The number of carbonyl (C=O) groups is 1. The van der Waals surface area contributed by atoms with Gasteiger partial charge in [0, 0.05) is 11.1 Å².